The Morgan fingerprint density at radius 1 is 1.58 bits per heavy atom. The molecule has 1 amide bonds. The van der Waals surface area contributed by atoms with Gasteiger partial charge in [0.1, 0.15) is 0 Å². The molecule has 1 saturated heterocycles. The van der Waals surface area contributed by atoms with Crippen LogP contribution < -0.4 is 0 Å². The lowest BCUT2D eigenvalue weighted by Crippen LogP contribution is -2.42. The standard InChI is InChI=1S/C13H19N3O3/c1-3-19-13(18)10-5-4-6-16(8-10)12(17)11-7-14-15-9(11)2/h7,10H,3-6,8H2,1-2H3,(H,14,15)/t10-/m0/s1. The zero-order valence-electron chi connectivity index (χ0n) is 11.3. The minimum absolute atomic E-state index is 0.0692. The third-order valence-electron chi connectivity index (χ3n) is 3.39. The highest BCUT2D eigenvalue weighted by atomic mass is 16.5. The van der Waals surface area contributed by atoms with E-state index >= 15 is 0 Å². The third-order valence-corrected chi connectivity index (χ3v) is 3.39. The molecule has 0 unspecified atom stereocenters. The Morgan fingerprint density at radius 3 is 3.00 bits per heavy atom. The number of aryl methyl sites for hydroxylation is 1. The molecule has 104 valence electrons. The number of ether oxygens (including phenoxy) is 1. The number of amides is 1. The third kappa shape index (κ3) is 2.94. The van der Waals surface area contributed by atoms with E-state index in [0.29, 0.717) is 25.3 Å². The molecule has 1 aromatic rings. The van der Waals surface area contributed by atoms with E-state index in [1.165, 1.54) is 6.20 Å². The van der Waals surface area contributed by atoms with Crippen LogP contribution in [0.1, 0.15) is 35.8 Å². The van der Waals surface area contributed by atoms with Gasteiger partial charge in [-0.2, -0.15) is 5.10 Å². The Bertz CT molecular complexity index is 469. The summed E-state index contributed by atoms with van der Waals surface area (Å²) in [6, 6.07) is 0. The quantitative estimate of drug-likeness (QED) is 0.831. The van der Waals surface area contributed by atoms with E-state index in [2.05, 4.69) is 10.2 Å². The highest BCUT2D eigenvalue weighted by molar-refractivity contribution is 5.95. The zero-order valence-corrected chi connectivity index (χ0v) is 11.3. The van der Waals surface area contributed by atoms with E-state index in [4.69, 9.17) is 4.74 Å². The first-order chi connectivity index (χ1) is 9.13. The topological polar surface area (TPSA) is 75.3 Å². The number of nitrogens with one attached hydrogen (secondary N) is 1. The molecule has 1 aromatic heterocycles. The van der Waals surface area contributed by atoms with Crippen molar-refractivity contribution < 1.29 is 14.3 Å². The summed E-state index contributed by atoms with van der Waals surface area (Å²) in [5, 5.41) is 6.61. The Balaban J connectivity index is 2.03. The molecule has 6 nitrogen and oxygen atoms in total. The van der Waals surface area contributed by atoms with Gasteiger partial charge in [-0.15, -0.1) is 0 Å². The Kier molecular flexibility index (Phi) is 4.19. The van der Waals surface area contributed by atoms with Crippen molar-refractivity contribution in [1.82, 2.24) is 15.1 Å². The van der Waals surface area contributed by atoms with Crippen LogP contribution in [-0.4, -0.2) is 46.7 Å². The summed E-state index contributed by atoms with van der Waals surface area (Å²) in [6.07, 6.45) is 3.14. The molecule has 0 saturated carbocycles. The first-order valence-electron chi connectivity index (χ1n) is 6.59. The molecule has 0 bridgehead atoms. The van der Waals surface area contributed by atoms with Crippen LogP contribution in [0.25, 0.3) is 0 Å². The molecule has 1 N–H and O–H groups in total. The summed E-state index contributed by atoms with van der Waals surface area (Å²) in [5.41, 5.74) is 1.33. The zero-order chi connectivity index (χ0) is 13.8. The van der Waals surface area contributed by atoms with Crippen molar-refractivity contribution in [3.05, 3.63) is 17.5 Å². The number of carbonyl (C=O) groups excluding carboxylic acids is 2. The Morgan fingerprint density at radius 2 is 2.37 bits per heavy atom. The average molecular weight is 265 g/mol. The maximum Gasteiger partial charge on any atom is 0.310 e. The molecular formula is C13H19N3O3. The van der Waals surface area contributed by atoms with E-state index < -0.39 is 0 Å². The lowest BCUT2D eigenvalue weighted by atomic mass is 9.97. The summed E-state index contributed by atoms with van der Waals surface area (Å²) in [4.78, 5) is 25.8. The maximum absolute atomic E-state index is 12.3. The summed E-state index contributed by atoms with van der Waals surface area (Å²) < 4.78 is 5.03. The number of aromatic nitrogens is 2. The van der Waals surface area contributed by atoms with Gasteiger partial charge in [0.05, 0.1) is 24.3 Å². The van der Waals surface area contributed by atoms with E-state index in [1.807, 2.05) is 6.92 Å². The minimum atomic E-state index is -0.205. The summed E-state index contributed by atoms with van der Waals surface area (Å²) in [5.74, 6) is -0.478. The second-order valence-corrected chi connectivity index (χ2v) is 4.75. The molecule has 1 aliphatic rings. The van der Waals surface area contributed by atoms with Crippen LogP contribution >= 0.6 is 0 Å². The van der Waals surface area contributed by atoms with Gasteiger partial charge in [-0.3, -0.25) is 14.7 Å². The summed E-state index contributed by atoms with van der Waals surface area (Å²) in [6.45, 7) is 5.09. The minimum Gasteiger partial charge on any atom is -0.466 e. The number of H-pyrrole nitrogens is 1. The van der Waals surface area contributed by atoms with Crippen molar-refractivity contribution in [1.29, 1.82) is 0 Å². The molecule has 0 radical (unpaired) electrons. The highest BCUT2D eigenvalue weighted by Gasteiger charge is 2.30. The van der Waals surface area contributed by atoms with Crippen LogP contribution in [0.2, 0.25) is 0 Å². The molecule has 6 heteroatoms. The van der Waals surface area contributed by atoms with Crippen LogP contribution in [0.15, 0.2) is 6.20 Å². The van der Waals surface area contributed by atoms with Crippen molar-refractivity contribution in [3.8, 4) is 0 Å². The molecule has 1 fully saturated rings. The molecule has 0 aliphatic carbocycles. The van der Waals surface area contributed by atoms with E-state index in [0.717, 1.165) is 18.5 Å². The number of aromatic amines is 1. The van der Waals surface area contributed by atoms with Gasteiger partial charge >= 0.3 is 5.97 Å². The molecule has 1 atom stereocenters. The first kappa shape index (κ1) is 13.6. The first-order valence-corrected chi connectivity index (χ1v) is 6.59. The van der Waals surface area contributed by atoms with Gasteiger partial charge in [0, 0.05) is 18.8 Å². The average Bonchev–Trinajstić information content (AvgIpc) is 2.84. The fraction of sp³-hybridized carbons (Fsp3) is 0.615. The number of piperidine rings is 1. The maximum atomic E-state index is 12.3. The van der Waals surface area contributed by atoms with Crippen LogP contribution in [0.5, 0.6) is 0 Å². The monoisotopic (exact) mass is 265 g/mol. The van der Waals surface area contributed by atoms with Crippen molar-refractivity contribution in [2.45, 2.75) is 26.7 Å². The van der Waals surface area contributed by atoms with Crippen molar-refractivity contribution >= 4 is 11.9 Å². The van der Waals surface area contributed by atoms with Gasteiger partial charge in [0.15, 0.2) is 0 Å². The number of rotatable bonds is 3. The van der Waals surface area contributed by atoms with Gasteiger partial charge in [0.2, 0.25) is 0 Å². The van der Waals surface area contributed by atoms with Crippen LogP contribution in [-0.2, 0) is 9.53 Å². The number of carbonyl (C=O) groups is 2. The highest BCUT2D eigenvalue weighted by Crippen LogP contribution is 2.20. The second-order valence-electron chi connectivity index (χ2n) is 4.75. The molecular weight excluding hydrogens is 246 g/mol. The van der Waals surface area contributed by atoms with E-state index in [1.54, 1.807) is 11.8 Å². The van der Waals surface area contributed by atoms with Gasteiger partial charge in [-0.25, -0.2) is 0 Å². The van der Waals surface area contributed by atoms with E-state index in [-0.39, 0.29) is 17.8 Å². The van der Waals surface area contributed by atoms with Gasteiger partial charge in [-0.1, -0.05) is 0 Å². The molecule has 1 aliphatic heterocycles. The van der Waals surface area contributed by atoms with Gasteiger partial charge in [0.25, 0.3) is 5.91 Å². The van der Waals surface area contributed by atoms with Crippen LogP contribution in [0.3, 0.4) is 0 Å². The van der Waals surface area contributed by atoms with Crippen molar-refractivity contribution in [3.63, 3.8) is 0 Å². The lowest BCUT2D eigenvalue weighted by Gasteiger charge is -2.31. The number of hydrogen-bond acceptors (Lipinski definition) is 4. The van der Waals surface area contributed by atoms with Crippen LogP contribution in [0.4, 0.5) is 0 Å². The number of likely N-dealkylation sites (tertiary alicyclic amines) is 1. The van der Waals surface area contributed by atoms with Crippen molar-refractivity contribution in [2.24, 2.45) is 5.92 Å². The largest absolute Gasteiger partial charge is 0.466 e. The number of hydrogen-bond donors (Lipinski definition) is 1. The number of nitrogens with zero attached hydrogens (tertiary/aromatic N) is 2. The van der Waals surface area contributed by atoms with Gasteiger partial charge < -0.3 is 9.64 Å². The fourth-order valence-electron chi connectivity index (χ4n) is 2.35. The molecule has 19 heavy (non-hydrogen) atoms. The predicted molar refractivity (Wildman–Crippen MR) is 68.6 cm³/mol. The smallest absolute Gasteiger partial charge is 0.310 e. The molecule has 2 heterocycles. The Labute approximate surface area is 112 Å². The summed E-state index contributed by atoms with van der Waals surface area (Å²) in [7, 11) is 0. The molecule has 0 aromatic carbocycles. The normalized spacial score (nSPS) is 19.3. The SMILES string of the molecule is CCOC(=O)[C@H]1CCCN(C(=O)c2cn[nH]c2C)C1. The van der Waals surface area contributed by atoms with E-state index in [9.17, 15) is 9.59 Å². The fourth-order valence-corrected chi connectivity index (χ4v) is 2.35. The van der Waals surface area contributed by atoms with Crippen molar-refractivity contribution in [2.75, 3.05) is 19.7 Å². The Hall–Kier alpha value is -1.85. The molecule has 2 rings (SSSR count). The predicted octanol–water partition coefficient (Wildman–Crippen LogP) is 1.13. The lowest BCUT2D eigenvalue weighted by molar-refractivity contribution is -0.149. The molecule has 0 spiro atoms. The second kappa shape index (κ2) is 5.86. The number of esters is 1. The van der Waals surface area contributed by atoms with Crippen LogP contribution in [0, 0.1) is 12.8 Å². The van der Waals surface area contributed by atoms with Gasteiger partial charge in [-0.05, 0) is 26.7 Å². The summed E-state index contributed by atoms with van der Waals surface area (Å²) >= 11 is 0.